The summed E-state index contributed by atoms with van der Waals surface area (Å²) in [4.78, 5) is 13.8. The Kier molecular flexibility index (Phi) is 5.73. The van der Waals surface area contributed by atoms with E-state index < -0.39 is 27.5 Å². The van der Waals surface area contributed by atoms with Crippen molar-refractivity contribution in [1.82, 2.24) is 9.21 Å². The Balaban J connectivity index is 2.01. The van der Waals surface area contributed by atoms with Gasteiger partial charge in [-0.1, -0.05) is 12.1 Å². The summed E-state index contributed by atoms with van der Waals surface area (Å²) in [6, 6.07) is 5.13. The van der Waals surface area contributed by atoms with Crippen molar-refractivity contribution in [2.24, 2.45) is 0 Å². The quantitative estimate of drug-likeness (QED) is 0.818. The van der Waals surface area contributed by atoms with Crippen LogP contribution in [0.15, 0.2) is 24.3 Å². The van der Waals surface area contributed by atoms with Gasteiger partial charge in [-0.05, 0) is 45.4 Å². The predicted octanol–water partition coefficient (Wildman–Crippen LogP) is 2.60. The van der Waals surface area contributed by atoms with E-state index in [1.807, 2.05) is 0 Å². The van der Waals surface area contributed by atoms with E-state index in [2.05, 4.69) is 0 Å². The van der Waals surface area contributed by atoms with Gasteiger partial charge in [0, 0.05) is 25.7 Å². The number of benzene rings is 1. The van der Waals surface area contributed by atoms with Crippen LogP contribution in [-0.4, -0.2) is 55.0 Å². The summed E-state index contributed by atoms with van der Waals surface area (Å²) in [5.41, 5.74) is -0.0635. The zero-order chi connectivity index (χ0) is 18.8. The molecule has 1 amide bonds. The van der Waals surface area contributed by atoms with Crippen molar-refractivity contribution in [2.75, 3.05) is 19.6 Å². The van der Waals surface area contributed by atoms with Gasteiger partial charge < -0.3 is 9.64 Å². The van der Waals surface area contributed by atoms with Gasteiger partial charge in [0.05, 0.1) is 5.75 Å². The number of rotatable bonds is 3. The molecule has 1 aliphatic rings. The molecule has 0 radical (unpaired) electrons. The fourth-order valence-electron chi connectivity index (χ4n) is 2.65. The molecule has 25 heavy (non-hydrogen) atoms. The van der Waals surface area contributed by atoms with Gasteiger partial charge in [-0.25, -0.2) is 17.6 Å². The first-order chi connectivity index (χ1) is 11.5. The second-order valence-electron chi connectivity index (χ2n) is 7.26. The summed E-state index contributed by atoms with van der Waals surface area (Å²) in [6.07, 6.45) is -0.435. The van der Waals surface area contributed by atoms with Crippen LogP contribution in [0.4, 0.5) is 9.18 Å². The highest BCUT2D eigenvalue weighted by Gasteiger charge is 2.35. The fourth-order valence-corrected chi connectivity index (χ4v) is 4.25. The highest BCUT2D eigenvalue weighted by Crippen LogP contribution is 2.19. The molecule has 1 fully saturated rings. The van der Waals surface area contributed by atoms with Crippen molar-refractivity contribution >= 4 is 16.1 Å². The molecule has 8 heteroatoms. The lowest BCUT2D eigenvalue weighted by atomic mass is 10.2. The smallest absolute Gasteiger partial charge is 0.410 e. The number of hydrogen-bond acceptors (Lipinski definition) is 4. The van der Waals surface area contributed by atoms with E-state index in [0.29, 0.717) is 5.56 Å². The van der Waals surface area contributed by atoms with Gasteiger partial charge in [0.1, 0.15) is 11.4 Å². The van der Waals surface area contributed by atoms with Crippen LogP contribution < -0.4 is 0 Å². The summed E-state index contributed by atoms with van der Waals surface area (Å²) in [5, 5.41) is 0. The van der Waals surface area contributed by atoms with Crippen molar-refractivity contribution < 1.29 is 22.3 Å². The average molecular weight is 372 g/mol. The minimum atomic E-state index is -3.53. The predicted molar refractivity (Wildman–Crippen MR) is 93.0 cm³/mol. The molecular weight excluding hydrogens is 347 g/mol. The van der Waals surface area contributed by atoms with Crippen LogP contribution in [0.3, 0.4) is 0 Å². The summed E-state index contributed by atoms with van der Waals surface area (Å²) in [6.45, 7) is 7.87. The monoisotopic (exact) mass is 372 g/mol. The molecule has 1 saturated heterocycles. The maximum Gasteiger partial charge on any atom is 0.410 e. The van der Waals surface area contributed by atoms with Crippen molar-refractivity contribution in [3.63, 3.8) is 0 Å². The van der Waals surface area contributed by atoms with Crippen molar-refractivity contribution in [1.29, 1.82) is 0 Å². The van der Waals surface area contributed by atoms with E-state index in [9.17, 15) is 17.6 Å². The highest BCUT2D eigenvalue weighted by molar-refractivity contribution is 7.88. The fraction of sp³-hybridized carbons (Fsp3) is 0.588. The van der Waals surface area contributed by atoms with Gasteiger partial charge in [-0.15, -0.1) is 0 Å². The molecule has 6 nitrogen and oxygen atoms in total. The lowest BCUT2D eigenvalue weighted by Crippen LogP contribution is -2.56. The SMILES string of the molecule is C[C@H]1CN(S(=O)(=O)Cc2ccc(F)cc2)CCN1C(=O)OC(C)(C)C. The first kappa shape index (κ1) is 19.7. The Hall–Kier alpha value is -1.67. The van der Waals surface area contributed by atoms with Gasteiger partial charge in [0.25, 0.3) is 0 Å². The van der Waals surface area contributed by atoms with Crippen LogP contribution in [0.2, 0.25) is 0 Å². The summed E-state index contributed by atoms with van der Waals surface area (Å²) in [7, 11) is -3.53. The minimum Gasteiger partial charge on any atom is -0.444 e. The number of sulfonamides is 1. The molecule has 1 heterocycles. The molecule has 0 unspecified atom stereocenters. The van der Waals surface area contributed by atoms with Crippen LogP contribution in [0.5, 0.6) is 0 Å². The third kappa shape index (κ3) is 5.40. The third-order valence-corrected chi connectivity index (χ3v) is 5.69. The van der Waals surface area contributed by atoms with Crippen LogP contribution in [0.1, 0.15) is 33.3 Å². The van der Waals surface area contributed by atoms with E-state index in [-0.39, 0.29) is 31.4 Å². The number of nitrogens with zero attached hydrogens (tertiary/aromatic N) is 2. The van der Waals surface area contributed by atoms with Gasteiger partial charge in [0.15, 0.2) is 0 Å². The van der Waals surface area contributed by atoms with E-state index in [1.165, 1.54) is 28.6 Å². The number of amides is 1. The number of piperazine rings is 1. The largest absolute Gasteiger partial charge is 0.444 e. The van der Waals surface area contributed by atoms with Crippen LogP contribution in [0, 0.1) is 5.82 Å². The standard InChI is InChI=1S/C17H25FN2O4S/c1-13-11-19(9-10-20(13)16(21)24-17(2,3)4)25(22,23)12-14-5-7-15(18)8-6-14/h5-8,13H,9-12H2,1-4H3/t13-/m0/s1. The molecule has 0 N–H and O–H groups in total. The number of carbonyl (C=O) groups excluding carboxylic acids is 1. The molecule has 2 rings (SSSR count). The second kappa shape index (κ2) is 7.29. The molecule has 1 aliphatic heterocycles. The average Bonchev–Trinajstić information content (AvgIpc) is 2.47. The summed E-state index contributed by atoms with van der Waals surface area (Å²) in [5.74, 6) is -0.590. The lowest BCUT2D eigenvalue weighted by Gasteiger charge is -2.39. The maximum atomic E-state index is 13.0. The molecule has 0 saturated carbocycles. The second-order valence-corrected chi connectivity index (χ2v) is 9.23. The molecular formula is C17H25FN2O4S. The molecule has 1 atom stereocenters. The Bertz CT molecular complexity index is 713. The van der Waals surface area contributed by atoms with Gasteiger partial charge >= 0.3 is 6.09 Å². The van der Waals surface area contributed by atoms with E-state index in [0.717, 1.165) is 0 Å². The Morgan fingerprint density at radius 3 is 2.36 bits per heavy atom. The molecule has 140 valence electrons. The first-order valence-electron chi connectivity index (χ1n) is 8.20. The zero-order valence-electron chi connectivity index (χ0n) is 15.0. The number of halogens is 1. The molecule has 1 aromatic carbocycles. The topological polar surface area (TPSA) is 66.9 Å². The molecule has 1 aromatic rings. The Morgan fingerprint density at radius 1 is 1.24 bits per heavy atom. The van der Waals surface area contributed by atoms with Crippen molar-refractivity contribution in [2.45, 2.75) is 45.1 Å². The summed E-state index contributed by atoms with van der Waals surface area (Å²) < 4.78 is 44.9. The van der Waals surface area contributed by atoms with Gasteiger partial charge in [0.2, 0.25) is 10.0 Å². The van der Waals surface area contributed by atoms with Crippen molar-refractivity contribution in [3.8, 4) is 0 Å². The molecule has 0 bridgehead atoms. The van der Waals surface area contributed by atoms with E-state index in [4.69, 9.17) is 4.74 Å². The van der Waals surface area contributed by atoms with Crippen LogP contribution in [-0.2, 0) is 20.5 Å². The van der Waals surface area contributed by atoms with Gasteiger partial charge in [-0.2, -0.15) is 4.31 Å². The molecule has 0 aromatic heterocycles. The lowest BCUT2D eigenvalue weighted by molar-refractivity contribution is 0.00857. The Morgan fingerprint density at radius 2 is 1.84 bits per heavy atom. The maximum absolute atomic E-state index is 13.0. The number of ether oxygens (including phenoxy) is 1. The molecule has 0 spiro atoms. The highest BCUT2D eigenvalue weighted by atomic mass is 32.2. The zero-order valence-corrected chi connectivity index (χ0v) is 15.8. The minimum absolute atomic E-state index is 0.188. The number of hydrogen-bond donors (Lipinski definition) is 0. The Labute approximate surface area is 148 Å². The summed E-state index contributed by atoms with van der Waals surface area (Å²) >= 11 is 0. The van der Waals surface area contributed by atoms with Crippen LogP contribution >= 0.6 is 0 Å². The van der Waals surface area contributed by atoms with Crippen LogP contribution in [0.25, 0.3) is 0 Å². The van der Waals surface area contributed by atoms with E-state index >= 15 is 0 Å². The third-order valence-electron chi connectivity index (χ3n) is 3.87. The molecule has 0 aliphatic carbocycles. The van der Waals surface area contributed by atoms with E-state index in [1.54, 1.807) is 32.6 Å². The normalized spacial score (nSPS) is 19.7. The first-order valence-corrected chi connectivity index (χ1v) is 9.81. The van der Waals surface area contributed by atoms with Crippen molar-refractivity contribution in [3.05, 3.63) is 35.6 Å². The number of carbonyl (C=O) groups is 1. The van der Waals surface area contributed by atoms with Gasteiger partial charge in [-0.3, -0.25) is 0 Å².